The van der Waals surface area contributed by atoms with Crippen LogP contribution in [0.3, 0.4) is 0 Å². The smallest absolute Gasteiger partial charge is 0.176 e. The Balaban J connectivity index is 2.04. The van der Waals surface area contributed by atoms with Crippen LogP contribution in [0.4, 0.5) is 11.5 Å². The summed E-state index contributed by atoms with van der Waals surface area (Å²) in [6, 6.07) is 5.43. The molecule has 0 radical (unpaired) electrons. The van der Waals surface area contributed by atoms with Crippen molar-refractivity contribution in [3.63, 3.8) is 0 Å². The van der Waals surface area contributed by atoms with Gasteiger partial charge in [0, 0.05) is 24.1 Å². The highest BCUT2D eigenvalue weighted by atomic mass is 32.1. The number of hydrogen-bond acceptors (Lipinski definition) is 5. The van der Waals surface area contributed by atoms with Crippen LogP contribution < -0.4 is 20.1 Å². The SMILES string of the molecule is COc1ccc(NC(=S)Nc2cnccn2)cc1OC. The second-order valence-corrected chi connectivity index (χ2v) is 4.15. The van der Waals surface area contributed by atoms with Crippen LogP contribution in [0.25, 0.3) is 0 Å². The maximum absolute atomic E-state index is 5.23. The van der Waals surface area contributed by atoms with Crippen LogP contribution in [0.2, 0.25) is 0 Å². The van der Waals surface area contributed by atoms with E-state index in [0.717, 1.165) is 5.69 Å². The van der Waals surface area contributed by atoms with Gasteiger partial charge in [-0.25, -0.2) is 4.98 Å². The summed E-state index contributed by atoms with van der Waals surface area (Å²) in [5.74, 6) is 1.86. The summed E-state index contributed by atoms with van der Waals surface area (Å²) in [6.45, 7) is 0. The Morgan fingerprint density at radius 2 is 1.90 bits per heavy atom. The first-order chi connectivity index (χ1) is 9.72. The molecule has 1 aromatic carbocycles. The van der Waals surface area contributed by atoms with Crippen LogP contribution >= 0.6 is 12.2 Å². The van der Waals surface area contributed by atoms with Gasteiger partial charge in [0.2, 0.25) is 0 Å². The van der Waals surface area contributed by atoms with Crippen LogP contribution in [0, 0.1) is 0 Å². The molecule has 0 atom stereocenters. The van der Waals surface area contributed by atoms with E-state index >= 15 is 0 Å². The molecule has 0 bridgehead atoms. The monoisotopic (exact) mass is 290 g/mol. The highest BCUT2D eigenvalue weighted by molar-refractivity contribution is 7.80. The van der Waals surface area contributed by atoms with E-state index in [9.17, 15) is 0 Å². The van der Waals surface area contributed by atoms with Gasteiger partial charge in [0.25, 0.3) is 0 Å². The molecule has 2 N–H and O–H groups in total. The minimum atomic E-state index is 0.415. The highest BCUT2D eigenvalue weighted by Gasteiger charge is 2.06. The van der Waals surface area contributed by atoms with Crippen molar-refractivity contribution in [1.82, 2.24) is 9.97 Å². The summed E-state index contributed by atoms with van der Waals surface area (Å²) < 4.78 is 10.4. The number of aromatic nitrogens is 2. The normalized spacial score (nSPS) is 9.70. The molecule has 0 saturated heterocycles. The second kappa shape index (κ2) is 6.67. The molecule has 1 heterocycles. The number of hydrogen-bond donors (Lipinski definition) is 2. The van der Waals surface area contributed by atoms with Gasteiger partial charge in [-0.2, -0.15) is 0 Å². The molecule has 0 amide bonds. The van der Waals surface area contributed by atoms with E-state index in [1.165, 1.54) is 0 Å². The van der Waals surface area contributed by atoms with Crippen LogP contribution in [-0.2, 0) is 0 Å². The van der Waals surface area contributed by atoms with E-state index in [1.54, 1.807) is 44.9 Å². The zero-order valence-corrected chi connectivity index (χ0v) is 11.9. The minimum absolute atomic E-state index is 0.415. The van der Waals surface area contributed by atoms with Crippen LogP contribution in [0.15, 0.2) is 36.8 Å². The Labute approximate surface area is 122 Å². The number of nitrogens with zero attached hydrogens (tertiary/aromatic N) is 2. The van der Waals surface area contributed by atoms with Gasteiger partial charge in [0.1, 0.15) is 0 Å². The zero-order valence-electron chi connectivity index (χ0n) is 11.1. The number of benzene rings is 1. The predicted octanol–water partition coefficient (Wildman–Crippen LogP) is 2.30. The van der Waals surface area contributed by atoms with Gasteiger partial charge < -0.3 is 20.1 Å². The first-order valence-electron chi connectivity index (χ1n) is 5.79. The van der Waals surface area contributed by atoms with E-state index in [2.05, 4.69) is 20.6 Å². The lowest BCUT2D eigenvalue weighted by Gasteiger charge is -2.12. The van der Waals surface area contributed by atoms with Crippen molar-refractivity contribution in [1.29, 1.82) is 0 Å². The number of ether oxygens (including phenoxy) is 2. The average Bonchev–Trinajstić information content (AvgIpc) is 2.48. The molecule has 1 aromatic heterocycles. The largest absolute Gasteiger partial charge is 0.493 e. The summed E-state index contributed by atoms with van der Waals surface area (Å²) in [5.41, 5.74) is 0.782. The highest BCUT2D eigenvalue weighted by Crippen LogP contribution is 2.29. The van der Waals surface area contributed by atoms with Crippen molar-refractivity contribution >= 4 is 28.8 Å². The van der Waals surface area contributed by atoms with Gasteiger partial charge in [-0.3, -0.25) is 4.98 Å². The first kappa shape index (κ1) is 14.0. The quantitative estimate of drug-likeness (QED) is 0.837. The van der Waals surface area contributed by atoms with Gasteiger partial charge in [0.15, 0.2) is 22.4 Å². The lowest BCUT2D eigenvalue weighted by atomic mass is 10.3. The Morgan fingerprint density at radius 1 is 1.10 bits per heavy atom. The molecule has 2 aromatic rings. The summed E-state index contributed by atoms with van der Waals surface area (Å²) in [7, 11) is 3.17. The Kier molecular flexibility index (Phi) is 4.67. The number of nitrogens with one attached hydrogen (secondary N) is 2. The molecular formula is C13H14N4O2S. The van der Waals surface area contributed by atoms with Crippen molar-refractivity contribution in [2.24, 2.45) is 0 Å². The molecule has 104 valence electrons. The number of methoxy groups -OCH3 is 2. The van der Waals surface area contributed by atoms with Crippen LogP contribution in [0.5, 0.6) is 11.5 Å². The van der Waals surface area contributed by atoms with Crippen molar-refractivity contribution in [2.75, 3.05) is 24.9 Å². The van der Waals surface area contributed by atoms with Gasteiger partial charge in [-0.15, -0.1) is 0 Å². The van der Waals surface area contributed by atoms with Crippen molar-refractivity contribution in [3.05, 3.63) is 36.8 Å². The summed E-state index contributed by atoms with van der Waals surface area (Å²) in [6.07, 6.45) is 4.76. The summed E-state index contributed by atoms with van der Waals surface area (Å²) >= 11 is 5.20. The fourth-order valence-corrected chi connectivity index (χ4v) is 1.78. The standard InChI is InChI=1S/C13H14N4O2S/c1-18-10-4-3-9(7-11(10)19-2)16-13(20)17-12-8-14-5-6-15-12/h3-8H,1-2H3,(H2,15,16,17,20). The lowest BCUT2D eigenvalue weighted by Crippen LogP contribution is -2.19. The van der Waals surface area contributed by atoms with Gasteiger partial charge in [-0.05, 0) is 24.4 Å². The Hall–Kier alpha value is -2.41. The lowest BCUT2D eigenvalue weighted by molar-refractivity contribution is 0.355. The molecular weight excluding hydrogens is 276 g/mol. The van der Waals surface area contributed by atoms with Gasteiger partial charge in [-0.1, -0.05) is 0 Å². The van der Waals surface area contributed by atoms with E-state index in [0.29, 0.717) is 22.4 Å². The number of anilines is 2. The Bertz CT molecular complexity index is 592. The van der Waals surface area contributed by atoms with Crippen molar-refractivity contribution < 1.29 is 9.47 Å². The molecule has 0 saturated carbocycles. The zero-order chi connectivity index (χ0) is 14.4. The molecule has 0 aliphatic heterocycles. The third-order valence-corrected chi connectivity index (χ3v) is 2.65. The fraction of sp³-hybridized carbons (Fsp3) is 0.154. The van der Waals surface area contributed by atoms with Crippen molar-refractivity contribution in [2.45, 2.75) is 0 Å². The van der Waals surface area contributed by atoms with Crippen LogP contribution in [-0.4, -0.2) is 29.3 Å². The topological polar surface area (TPSA) is 68.3 Å². The molecule has 7 heteroatoms. The van der Waals surface area contributed by atoms with E-state index in [-0.39, 0.29) is 0 Å². The number of thiocarbonyl (C=S) groups is 1. The molecule has 0 fully saturated rings. The van der Waals surface area contributed by atoms with E-state index in [4.69, 9.17) is 21.7 Å². The minimum Gasteiger partial charge on any atom is -0.493 e. The number of rotatable bonds is 4. The van der Waals surface area contributed by atoms with Gasteiger partial charge in [0.05, 0.1) is 20.4 Å². The molecule has 20 heavy (non-hydrogen) atoms. The maximum atomic E-state index is 5.23. The van der Waals surface area contributed by atoms with Crippen molar-refractivity contribution in [3.8, 4) is 11.5 Å². The van der Waals surface area contributed by atoms with Gasteiger partial charge >= 0.3 is 0 Å². The first-order valence-corrected chi connectivity index (χ1v) is 6.20. The van der Waals surface area contributed by atoms with E-state index < -0.39 is 0 Å². The van der Waals surface area contributed by atoms with E-state index in [1.807, 2.05) is 6.07 Å². The second-order valence-electron chi connectivity index (χ2n) is 3.74. The molecule has 6 nitrogen and oxygen atoms in total. The molecule has 2 rings (SSSR count). The Morgan fingerprint density at radius 3 is 2.55 bits per heavy atom. The molecule has 0 aliphatic carbocycles. The molecule has 0 unspecified atom stereocenters. The predicted molar refractivity (Wildman–Crippen MR) is 81.4 cm³/mol. The fourth-order valence-electron chi connectivity index (χ4n) is 1.56. The maximum Gasteiger partial charge on any atom is 0.176 e. The summed E-state index contributed by atoms with van der Waals surface area (Å²) in [4.78, 5) is 8.02. The summed E-state index contributed by atoms with van der Waals surface area (Å²) in [5, 5.41) is 6.38. The third-order valence-electron chi connectivity index (χ3n) is 2.45. The average molecular weight is 290 g/mol. The third kappa shape index (κ3) is 3.55. The molecule has 0 spiro atoms. The molecule has 0 aliphatic rings. The van der Waals surface area contributed by atoms with Crippen LogP contribution in [0.1, 0.15) is 0 Å².